The van der Waals surface area contributed by atoms with Crippen molar-refractivity contribution in [1.82, 2.24) is 4.90 Å². The van der Waals surface area contributed by atoms with E-state index in [4.69, 9.17) is 4.84 Å². The van der Waals surface area contributed by atoms with Crippen LogP contribution in [0, 0.1) is 0 Å². The fraction of sp³-hybridized carbons (Fsp3) is 0.467. The Hall–Kier alpha value is -1.88. The summed E-state index contributed by atoms with van der Waals surface area (Å²) >= 11 is 0. The largest absolute Gasteiger partial charge is 0.394 e. The van der Waals surface area contributed by atoms with E-state index in [1.807, 2.05) is 30.3 Å². The number of nitrogens with zero attached hydrogens (tertiary/aromatic N) is 2. The Kier molecular flexibility index (Phi) is 4.09. The highest BCUT2D eigenvalue weighted by Gasteiger charge is 2.36. The van der Waals surface area contributed by atoms with Crippen molar-refractivity contribution in [2.24, 2.45) is 5.16 Å². The molecule has 0 aromatic heterocycles. The zero-order chi connectivity index (χ0) is 14.8. The van der Waals surface area contributed by atoms with E-state index in [2.05, 4.69) is 5.16 Å². The zero-order valence-corrected chi connectivity index (χ0v) is 12.0. The van der Waals surface area contributed by atoms with Crippen LogP contribution >= 0.6 is 0 Å². The van der Waals surface area contributed by atoms with Crippen LogP contribution in [0.5, 0.6) is 0 Å². The Morgan fingerprint density at radius 3 is 2.70 bits per heavy atom. The number of amides is 1. The van der Waals surface area contributed by atoms with Crippen molar-refractivity contribution in [2.75, 3.05) is 13.7 Å². The van der Waals surface area contributed by atoms with Gasteiger partial charge in [0, 0.05) is 13.5 Å². The molecule has 1 atom stereocenters. The van der Waals surface area contributed by atoms with E-state index in [1.54, 1.807) is 20.9 Å². The van der Waals surface area contributed by atoms with E-state index < -0.39 is 11.6 Å². The average molecular weight is 276 g/mol. The lowest BCUT2D eigenvalue weighted by molar-refractivity contribution is -0.147. The van der Waals surface area contributed by atoms with Gasteiger partial charge in [0.1, 0.15) is 0 Å². The number of aliphatic hydroxyl groups is 1. The van der Waals surface area contributed by atoms with Crippen LogP contribution in [-0.4, -0.2) is 46.9 Å². The first-order chi connectivity index (χ1) is 9.45. The van der Waals surface area contributed by atoms with Gasteiger partial charge in [-0.3, -0.25) is 4.79 Å². The highest BCUT2D eigenvalue weighted by molar-refractivity contribution is 6.04. The molecule has 1 heterocycles. The minimum Gasteiger partial charge on any atom is -0.394 e. The van der Waals surface area contributed by atoms with E-state index in [1.165, 1.54) is 4.90 Å². The first-order valence-corrected chi connectivity index (χ1v) is 6.62. The number of benzene rings is 1. The smallest absolute Gasteiger partial charge is 0.267 e. The maximum absolute atomic E-state index is 12.3. The van der Waals surface area contributed by atoms with Crippen LogP contribution in [0.2, 0.25) is 0 Å². The Morgan fingerprint density at radius 1 is 1.45 bits per heavy atom. The molecular weight excluding hydrogens is 256 g/mol. The van der Waals surface area contributed by atoms with Gasteiger partial charge in [-0.05, 0) is 19.4 Å². The molecule has 1 amide bonds. The van der Waals surface area contributed by atoms with Crippen molar-refractivity contribution in [3.63, 3.8) is 0 Å². The summed E-state index contributed by atoms with van der Waals surface area (Å²) in [6, 6.07) is 9.66. The quantitative estimate of drug-likeness (QED) is 0.904. The second kappa shape index (κ2) is 5.63. The second-order valence-electron chi connectivity index (χ2n) is 5.57. The first kappa shape index (κ1) is 14.5. The molecule has 108 valence electrons. The van der Waals surface area contributed by atoms with Gasteiger partial charge in [0.25, 0.3) is 5.91 Å². The lowest BCUT2D eigenvalue weighted by atomic mass is 10.0. The van der Waals surface area contributed by atoms with Gasteiger partial charge in [0.05, 0.1) is 17.9 Å². The van der Waals surface area contributed by atoms with Crippen LogP contribution in [-0.2, 0) is 9.63 Å². The van der Waals surface area contributed by atoms with Crippen molar-refractivity contribution < 1.29 is 14.7 Å². The molecule has 0 radical (unpaired) electrons. The SMILES string of the molecule is CN(C(=O)C1CC(c2ccccc2)=NO1)C(C)(C)CO. The molecule has 1 unspecified atom stereocenters. The first-order valence-electron chi connectivity index (χ1n) is 6.62. The third-order valence-electron chi connectivity index (χ3n) is 3.68. The molecule has 5 heteroatoms. The molecule has 0 spiro atoms. The number of hydrogen-bond donors (Lipinski definition) is 1. The average Bonchev–Trinajstić information content (AvgIpc) is 2.96. The van der Waals surface area contributed by atoms with Gasteiger partial charge in [0.2, 0.25) is 6.10 Å². The van der Waals surface area contributed by atoms with E-state index in [0.29, 0.717) is 6.42 Å². The van der Waals surface area contributed by atoms with Crippen molar-refractivity contribution in [2.45, 2.75) is 31.9 Å². The summed E-state index contributed by atoms with van der Waals surface area (Å²) in [5.74, 6) is -0.168. The van der Waals surface area contributed by atoms with Crippen LogP contribution in [0.1, 0.15) is 25.8 Å². The minimum absolute atomic E-state index is 0.103. The molecular formula is C15H20N2O3. The fourth-order valence-corrected chi connectivity index (χ4v) is 1.93. The fourth-order valence-electron chi connectivity index (χ4n) is 1.93. The van der Waals surface area contributed by atoms with Crippen molar-refractivity contribution >= 4 is 11.6 Å². The maximum Gasteiger partial charge on any atom is 0.267 e. The van der Waals surface area contributed by atoms with Crippen LogP contribution in [0.4, 0.5) is 0 Å². The van der Waals surface area contributed by atoms with E-state index in [0.717, 1.165) is 11.3 Å². The predicted octanol–water partition coefficient (Wildman–Crippen LogP) is 1.41. The Balaban J connectivity index is 2.03. The molecule has 1 aromatic rings. The number of rotatable bonds is 4. The van der Waals surface area contributed by atoms with Crippen LogP contribution in [0.15, 0.2) is 35.5 Å². The predicted molar refractivity (Wildman–Crippen MR) is 76.4 cm³/mol. The molecule has 0 fully saturated rings. The summed E-state index contributed by atoms with van der Waals surface area (Å²) in [5.41, 5.74) is 1.13. The van der Waals surface area contributed by atoms with Crippen molar-refractivity contribution in [3.05, 3.63) is 35.9 Å². The highest BCUT2D eigenvalue weighted by atomic mass is 16.6. The topological polar surface area (TPSA) is 62.1 Å². The maximum atomic E-state index is 12.3. The molecule has 2 rings (SSSR count). The third kappa shape index (κ3) is 2.82. The lowest BCUT2D eigenvalue weighted by Crippen LogP contribution is -2.51. The van der Waals surface area contributed by atoms with Crippen LogP contribution in [0.3, 0.4) is 0 Å². The number of carbonyl (C=O) groups excluding carboxylic acids is 1. The Labute approximate surface area is 118 Å². The third-order valence-corrected chi connectivity index (χ3v) is 3.68. The van der Waals surface area contributed by atoms with Gasteiger partial charge in [-0.15, -0.1) is 0 Å². The molecule has 0 bridgehead atoms. The highest BCUT2D eigenvalue weighted by Crippen LogP contribution is 2.21. The Bertz CT molecular complexity index is 511. The second-order valence-corrected chi connectivity index (χ2v) is 5.57. The summed E-state index contributed by atoms with van der Waals surface area (Å²) in [6.45, 7) is 3.51. The molecule has 0 saturated heterocycles. The van der Waals surface area contributed by atoms with Gasteiger partial charge >= 0.3 is 0 Å². The molecule has 20 heavy (non-hydrogen) atoms. The molecule has 0 saturated carbocycles. The number of hydrogen-bond acceptors (Lipinski definition) is 4. The van der Waals surface area contributed by atoms with Gasteiger partial charge < -0.3 is 14.8 Å². The molecule has 5 nitrogen and oxygen atoms in total. The monoisotopic (exact) mass is 276 g/mol. The number of oxime groups is 1. The molecule has 1 aliphatic rings. The summed E-state index contributed by atoms with van der Waals surface area (Å²) in [6.07, 6.45) is -0.157. The van der Waals surface area contributed by atoms with Gasteiger partial charge in [-0.1, -0.05) is 35.5 Å². The molecule has 1 N–H and O–H groups in total. The summed E-state index contributed by atoms with van der Waals surface area (Å²) in [4.78, 5) is 19.1. The molecule has 0 aliphatic carbocycles. The summed E-state index contributed by atoms with van der Waals surface area (Å²) < 4.78 is 0. The van der Waals surface area contributed by atoms with Crippen LogP contribution < -0.4 is 0 Å². The molecule has 1 aromatic carbocycles. The van der Waals surface area contributed by atoms with E-state index in [9.17, 15) is 9.90 Å². The van der Waals surface area contributed by atoms with Gasteiger partial charge in [0.15, 0.2) is 0 Å². The summed E-state index contributed by atoms with van der Waals surface area (Å²) in [7, 11) is 1.67. The standard InChI is InChI=1S/C15H20N2O3/c1-15(2,10-18)17(3)14(19)13-9-12(16-20-13)11-7-5-4-6-8-11/h4-8,13,18H,9-10H2,1-3H3. The Morgan fingerprint density at radius 2 is 2.10 bits per heavy atom. The van der Waals surface area contributed by atoms with Crippen molar-refractivity contribution in [3.8, 4) is 0 Å². The van der Waals surface area contributed by atoms with Crippen LogP contribution in [0.25, 0.3) is 0 Å². The summed E-state index contributed by atoms with van der Waals surface area (Å²) in [5, 5.41) is 13.3. The zero-order valence-electron chi connectivity index (χ0n) is 12.0. The normalized spacial score (nSPS) is 18.4. The van der Waals surface area contributed by atoms with Crippen molar-refractivity contribution in [1.29, 1.82) is 0 Å². The number of carbonyl (C=O) groups is 1. The minimum atomic E-state index is -0.615. The van der Waals surface area contributed by atoms with E-state index in [-0.39, 0.29) is 12.5 Å². The molecule has 1 aliphatic heterocycles. The van der Waals surface area contributed by atoms with Gasteiger partial charge in [-0.25, -0.2) is 0 Å². The lowest BCUT2D eigenvalue weighted by Gasteiger charge is -2.34. The van der Waals surface area contributed by atoms with Gasteiger partial charge in [-0.2, -0.15) is 0 Å². The number of likely N-dealkylation sites (N-methyl/N-ethyl adjacent to an activating group) is 1. The van der Waals surface area contributed by atoms with E-state index >= 15 is 0 Å². The number of aliphatic hydroxyl groups excluding tert-OH is 1.